The largest absolute Gasteiger partial charge is 0.300 e. The summed E-state index contributed by atoms with van der Waals surface area (Å²) < 4.78 is 0.862. The molecule has 1 heterocycles. The summed E-state index contributed by atoms with van der Waals surface area (Å²) in [6.07, 6.45) is 1.16. The van der Waals surface area contributed by atoms with Gasteiger partial charge in [0.1, 0.15) is 0 Å². The average Bonchev–Trinajstić information content (AvgIpc) is 3.13. The zero-order valence-electron chi connectivity index (χ0n) is 15.5. The molecule has 0 aliphatic carbocycles. The van der Waals surface area contributed by atoms with Gasteiger partial charge < -0.3 is 5.32 Å². The van der Waals surface area contributed by atoms with Gasteiger partial charge in [-0.2, -0.15) is 0 Å². The van der Waals surface area contributed by atoms with Crippen molar-refractivity contribution in [2.24, 2.45) is 0 Å². The lowest BCUT2D eigenvalue weighted by molar-refractivity contribution is -0.116. The number of hydrogen-bond acceptors (Lipinski definition) is 5. The summed E-state index contributed by atoms with van der Waals surface area (Å²) in [5, 5.41) is 11.6. The van der Waals surface area contributed by atoms with Crippen LogP contribution in [0.25, 0.3) is 0 Å². The Morgan fingerprint density at radius 2 is 1.78 bits per heavy atom. The first-order valence-electron chi connectivity index (χ1n) is 8.99. The number of carbonyl (C=O) groups excluding carboxylic acids is 1. The number of nitrogens with zero attached hydrogens (tertiary/aromatic N) is 2. The van der Waals surface area contributed by atoms with Crippen LogP contribution in [-0.4, -0.2) is 16.1 Å². The van der Waals surface area contributed by atoms with Crippen LogP contribution in [0.4, 0.5) is 5.13 Å². The lowest BCUT2D eigenvalue weighted by Gasteiger charge is -2.06. The first kappa shape index (κ1) is 19.6. The summed E-state index contributed by atoms with van der Waals surface area (Å²) in [6, 6.07) is 18.7. The van der Waals surface area contributed by atoms with E-state index in [-0.39, 0.29) is 5.91 Å². The van der Waals surface area contributed by atoms with Crippen LogP contribution in [0.5, 0.6) is 0 Å². The van der Waals surface area contributed by atoms with Gasteiger partial charge in [0.2, 0.25) is 11.0 Å². The van der Waals surface area contributed by atoms with Crippen LogP contribution in [0.1, 0.15) is 42.9 Å². The van der Waals surface area contributed by atoms with Crippen molar-refractivity contribution in [3.8, 4) is 0 Å². The van der Waals surface area contributed by atoms with Crippen LogP contribution >= 0.6 is 23.1 Å². The molecule has 2 aromatic carbocycles. The van der Waals surface area contributed by atoms with E-state index in [4.69, 9.17) is 0 Å². The van der Waals surface area contributed by atoms with Crippen molar-refractivity contribution < 1.29 is 4.79 Å². The van der Waals surface area contributed by atoms with Crippen LogP contribution in [0.2, 0.25) is 0 Å². The number of hydrogen-bond donors (Lipinski definition) is 1. The van der Waals surface area contributed by atoms with Crippen LogP contribution in [-0.2, 0) is 17.0 Å². The predicted octanol–water partition coefficient (Wildman–Crippen LogP) is 5.53. The van der Waals surface area contributed by atoms with Gasteiger partial charge in [-0.3, -0.25) is 4.79 Å². The fraction of sp³-hybridized carbons (Fsp3) is 0.286. The van der Waals surface area contributed by atoms with Crippen LogP contribution in [0, 0.1) is 0 Å². The summed E-state index contributed by atoms with van der Waals surface area (Å²) in [4.78, 5) is 12.1. The Morgan fingerprint density at radius 1 is 1.04 bits per heavy atom. The van der Waals surface area contributed by atoms with Gasteiger partial charge in [0.15, 0.2) is 4.34 Å². The van der Waals surface area contributed by atoms with Crippen molar-refractivity contribution in [1.82, 2.24) is 10.2 Å². The van der Waals surface area contributed by atoms with E-state index in [1.807, 2.05) is 30.3 Å². The minimum absolute atomic E-state index is 0.0316. The molecular weight excluding hydrogens is 374 g/mol. The normalized spacial score (nSPS) is 10.9. The molecule has 27 heavy (non-hydrogen) atoms. The van der Waals surface area contributed by atoms with Crippen molar-refractivity contribution >= 4 is 34.1 Å². The Hall–Kier alpha value is -2.18. The number of amides is 1. The predicted molar refractivity (Wildman–Crippen MR) is 113 cm³/mol. The third-order valence-electron chi connectivity index (χ3n) is 4.15. The molecule has 4 nitrogen and oxygen atoms in total. The molecule has 0 bridgehead atoms. The van der Waals surface area contributed by atoms with Crippen LogP contribution in [0.15, 0.2) is 58.9 Å². The fourth-order valence-electron chi connectivity index (χ4n) is 2.55. The Balaban J connectivity index is 1.45. The molecular formula is C21H23N3OS2. The molecule has 0 saturated carbocycles. The summed E-state index contributed by atoms with van der Waals surface area (Å²) in [7, 11) is 0. The third kappa shape index (κ3) is 6.19. The Kier molecular flexibility index (Phi) is 7.01. The Morgan fingerprint density at radius 3 is 2.48 bits per heavy atom. The lowest BCUT2D eigenvalue weighted by Crippen LogP contribution is -2.12. The first-order chi connectivity index (χ1) is 13.1. The lowest BCUT2D eigenvalue weighted by atomic mass is 10.0. The summed E-state index contributed by atoms with van der Waals surface area (Å²) in [5.41, 5.74) is 3.76. The number of anilines is 1. The molecule has 0 aliphatic heterocycles. The minimum atomic E-state index is -0.0316. The van der Waals surface area contributed by atoms with Gasteiger partial charge in [-0.05, 0) is 29.0 Å². The third-order valence-corrected chi connectivity index (χ3v) is 6.19. The maximum atomic E-state index is 12.1. The van der Waals surface area contributed by atoms with E-state index in [2.05, 4.69) is 53.6 Å². The van der Waals surface area contributed by atoms with Crippen LogP contribution in [0.3, 0.4) is 0 Å². The molecule has 0 saturated heterocycles. The van der Waals surface area contributed by atoms with Gasteiger partial charge in [0.25, 0.3) is 0 Å². The van der Waals surface area contributed by atoms with E-state index in [9.17, 15) is 4.79 Å². The maximum Gasteiger partial charge on any atom is 0.226 e. The molecule has 1 aromatic heterocycles. The van der Waals surface area contributed by atoms with Gasteiger partial charge in [-0.1, -0.05) is 91.5 Å². The van der Waals surface area contributed by atoms with Crippen molar-refractivity contribution in [3.63, 3.8) is 0 Å². The molecule has 0 spiro atoms. The summed E-state index contributed by atoms with van der Waals surface area (Å²) in [6.45, 7) is 4.39. The molecule has 0 unspecified atom stereocenters. The Labute approximate surface area is 168 Å². The molecule has 0 radical (unpaired) electrons. The zero-order valence-corrected chi connectivity index (χ0v) is 17.1. The highest BCUT2D eigenvalue weighted by atomic mass is 32.2. The topological polar surface area (TPSA) is 54.9 Å². The molecule has 6 heteroatoms. The van der Waals surface area contributed by atoms with Gasteiger partial charge in [-0.25, -0.2) is 0 Å². The van der Waals surface area contributed by atoms with E-state index >= 15 is 0 Å². The first-order valence-corrected chi connectivity index (χ1v) is 10.8. The van der Waals surface area contributed by atoms with E-state index in [1.54, 1.807) is 11.8 Å². The minimum Gasteiger partial charge on any atom is -0.300 e. The number of benzene rings is 2. The second-order valence-corrected chi connectivity index (χ2v) is 8.79. The molecule has 140 valence electrons. The molecule has 0 atom stereocenters. The van der Waals surface area contributed by atoms with Crippen molar-refractivity contribution in [3.05, 3.63) is 71.3 Å². The van der Waals surface area contributed by atoms with Gasteiger partial charge in [0.05, 0.1) is 0 Å². The van der Waals surface area contributed by atoms with Crippen molar-refractivity contribution in [2.45, 2.75) is 42.7 Å². The zero-order chi connectivity index (χ0) is 19.1. The number of aromatic nitrogens is 2. The quantitative estimate of drug-likeness (QED) is 0.401. The number of nitrogens with one attached hydrogen (secondary N) is 1. The number of rotatable bonds is 8. The highest BCUT2D eigenvalue weighted by Crippen LogP contribution is 2.28. The Bertz CT molecular complexity index is 861. The average molecular weight is 398 g/mol. The van der Waals surface area contributed by atoms with E-state index in [1.165, 1.54) is 22.5 Å². The van der Waals surface area contributed by atoms with Crippen LogP contribution < -0.4 is 5.32 Å². The molecule has 0 aliphatic rings. The second-order valence-electron chi connectivity index (χ2n) is 6.59. The molecule has 3 rings (SSSR count). The molecule has 0 fully saturated rings. The second kappa shape index (κ2) is 9.67. The van der Waals surface area contributed by atoms with E-state index < -0.39 is 0 Å². The number of aryl methyl sites for hydroxylation is 1. The van der Waals surface area contributed by atoms with Crippen molar-refractivity contribution in [2.75, 3.05) is 5.32 Å². The fourth-order valence-corrected chi connectivity index (χ4v) is 4.27. The highest BCUT2D eigenvalue weighted by molar-refractivity contribution is 8.00. The number of thioether (sulfide) groups is 1. The monoisotopic (exact) mass is 397 g/mol. The molecule has 1 amide bonds. The van der Waals surface area contributed by atoms with Gasteiger partial charge in [0, 0.05) is 12.2 Å². The smallest absolute Gasteiger partial charge is 0.226 e. The molecule has 1 N–H and O–H groups in total. The summed E-state index contributed by atoms with van der Waals surface area (Å²) in [5.74, 6) is 1.35. The van der Waals surface area contributed by atoms with E-state index in [0.29, 0.717) is 17.5 Å². The van der Waals surface area contributed by atoms with E-state index in [0.717, 1.165) is 22.1 Å². The number of carbonyl (C=O) groups is 1. The van der Waals surface area contributed by atoms with Gasteiger partial charge >= 0.3 is 0 Å². The van der Waals surface area contributed by atoms with Crippen molar-refractivity contribution in [1.29, 1.82) is 0 Å². The highest BCUT2D eigenvalue weighted by Gasteiger charge is 2.09. The van der Waals surface area contributed by atoms with Gasteiger partial charge in [-0.15, -0.1) is 10.2 Å². The standard InChI is InChI=1S/C21H23N3OS2/c1-15(2)18-11-8-17(9-12-18)14-26-21-24-23-20(27-21)22-19(25)13-10-16-6-4-3-5-7-16/h3-9,11-12,15H,10,13-14H2,1-2H3,(H,22,23,25). The maximum absolute atomic E-state index is 12.1. The SMILES string of the molecule is CC(C)c1ccc(CSc2nnc(NC(=O)CCc3ccccc3)s2)cc1. The summed E-state index contributed by atoms with van der Waals surface area (Å²) >= 11 is 3.06. The molecule has 3 aromatic rings.